The molecule has 0 saturated heterocycles. The molecular weight excluding hydrogens is 242 g/mol. The fourth-order valence-electron chi connectivity index (χ4n) is 1.79. The lowest BCUT2D eigenvalue weighted by Gasteiger charge is -2.27. The van der Waals surface area contributed by atoms with Gasteiger partial charge >= 0.3 is 5.97 Å². The number of carbonyl (C=O) groups is 1. The van der Waals surface area contributed by atoms with Crippen molar-refractivity contribution in [3.05, 3.63) is 36.4 Å². The number of hydrogen-bond donors (Lipinski definition) is 1. The largest absolute Gasteiger partial charge is 0.497 e. The van der Waals surface area contributed by atoms with Gasteiger partial charge < -0.3 is 14.7 Å². The Labute approximate surface area is 114 Å². The van der Waals surface area contributed by atoms with Gasteiger partial charge in [-0.3, -0.25) is 4.79 Å². The van der Waals surface area contributed by atoms with Gasteiger partial charge in [-0.1, -0.05) is 19.1 Å². The minimum Gasteiger partial charge on any atom is -0.497 e. The molecule has 0 bridgehead atoms. The molecule has 0 aliphatic heterocycles. The summed E-state index contributed by atoms with van der Waals surface area (Å²) in [6.45, 7) is 8.63. The molecule has 1 N–H and O–H groups in total. The zero-order chi connectivity index (χ0) is 14.4. The highest BCUT2D eigenvalue weighted by atomic mass is 16.5. The van der Waals surface area contributed by atoms with Crippen LogP contribution in [0.2, 0.25) is 0 Å². The van der Waals surface area contributed by atoms with Crippen LogP contribution in [0.1, 0.15) is 13.8 Å². The predicted molar refractivity (Wildman–Crippen MR) is 76.8 cm³/mol. The molecular formula is C15H21NO3. The van der Waals surface area contributed by atoms with Crippen LogP contribution in [0.4, 0.5) is 5.69 Å². The molecule has 0 fully saturated rings. The Hall–Kier alpha value is -1.97. The summed E-state index contributed by atoms with van der Waals surface area (Å²) in [4.78, 5) is 13.0. The zero-order valence-electron chi connectivity index (χ0n) is 11.7. The van der Waals surface area contributed by atoms with E-state index in [1.165, 1.54) is 0 Å². The highest BCUT2D eigenvalue weighted by Crippen LogP contribution is 2.21. The summed E-state index contributed by atoms with van der Waals surface area (Å²) in [7, 11) is 1.62. The van der Waals surface area contributed by atoms with E-state index in [1.807, 2.05) is 36.1 Å². The molecule has 4 heteroatoms. The minimum atomic E-state index is -0.791. The molecule has 0 aromatic heterocycles. The Morgan fingerprint density at radius 2 is 2.00 bits per heavy atom. The molecule has 0 aliphatic rings. The van der Waals surface area contributed by atoms with Crippen LogP contribution in [0.15, 0.2) is 36.4 Å². The van der Waals surface area contributed by atoms with Gasteiger partial charge in [0, 0.05) is 18.8 Å². The Morgan fingerprint density at radius 3 is 2.42 bits per heavy atom. The van der Waals surface area contributed by atoms with Crippen molar-refractivity contribution < 1.29 is 14.6 Å². The van der Waals surface area contributed by atoms with E-state index < -0.39 is 11.9 Å². The van der Waals surface area contributed by atoms with Crippen LogP contribution in [0.5, 0.6) is 5.75 Å². The average molecular weight is 263 g/mol. The highest BCUT2D eigenvalue weighted by Gasteiger charge is 2.16. The van der Waals surface area contributed by atoms with Crippen molar-refractivity contribution in [2.45, 2.75) is 13.8 Å². The number of carboxylic acids is 1. The van der Waals surface area contributed by atoms with Gasteiger partial charge in [0.25, 0.3) is 0 Å². The van der Waals surface area contributed by atoms with E-state index in [9.17, 15) is 4.79 Å². The average Bonchev–Trinajstić information content (AvgIpc) is 2.37. The number of nitrogens with zero attached hydrogens (tertiary/aromatic N) is 1. The number of benzene rings is 1. The topological polar surface area (TPSA) is 49.8 Å². The van der Waals surface area contributed by atoms with Crippen molar-refractivity contribution in [2.75, 3.05) is 25.1 Å². The maximum atomic E-state index is 11.0. The number of rotatable bonds is 7. The van der Waals surface area contributed by atoms with Crippen molar-refractivity contribution in [3.63, 3.8) is 0 Å². The molecule has 0 radical (unpaired) electrons. The van der Waals surface area contributed by atoms with E-state index in [-0.39, 0.29) is 0 Å². The molecule has 1 atom stereocenters. The maximum absolute atomic E-state index is 11.0. The standard InChI is InChI=1S/C15H21NO3/c1-11(2)9-16(10-12(3)15(17)18)13-5-7-14(19-4)8-6-13/h5-8,12H,1,9-10H2,2-4H3,(H,17,18). The first-order valence-corrected chi connectivity index (χ1v) is 6.20. The van der Waals surface area contributed by atoms with Crippen molar-refractivity contribution in [2.24, 2.45) is 5.92 Å². The molecule has 1 unspecified atom stereocenters. The van der Waals surface area contributed by atoms with Crippen LogP contribution >= 0.6 is 0 Å². The molecule has 1 rings (SSSR count). The number of hydrogen-bond acceptors (Lipinski definition) is 3. The molecule has 1 aromatic rings. The first-order chi connectivity index (χ1) is 8.93. The van der Waals surface area contributed by atoms with E-state index in [2.05, 4.69) is 6.58 Å². The van der Waals surface area contributed by atoms with Crippen LogP contribution in [-0.4, -0.2) is 31.3 Å². The molecule has 0 saturated carbocycles. The lowest BCUT2D eigenvalue weighted by molar-refractivity contribution is -0.140. The SMILES string of the molecule is C=C(C)CN(CC(C)C(=O)O)c1ccc(OC)cc1. The summed E-state index contributed by atoms with van der Waals surface area (Å²) in [5, 5.41) is 9.02. The van der Waals surface area contributed by atoms with Gasteiger partial charge in [-0.25, -0.2) is 0 Å². The minimum absolute atomic E-state index is 0.429. The number of ether oxygens (including phenoxy) is 1. The second-order valence-corrected chi connectivity index (χ2v) is 4.77. The molecule has 0 heterocycles. The third kappa shape index (κ3) is 4.66. The van der Waals surface area contributed by atoms with Gasteiger partial charge in [-0.2, -0.15) is 0 Å². The fraction of sp³-hybridized carbons (Fsp3) is 0.400. The molecule has 0 spiro atoms. The third-order valence-electron chi connectivity index (χ3n) is 2.81. The molecule has 1 aromatic carbocycles. The Kier molecular flexibility index (Phi) is 5.42. The highest BCUT2D eigenvalue weighted by molar-refractivity contribution is 5.70. The Morgan fingerprint density at radius 1 is 1.42 bits per heavy atom. The second-order valence-electron chi connectivity index (χ2n) is 4.77. The zero-order valence-corrected chi connectivity index (χ0v) is 11.7. The van der Waals surface area contributed by atoms with Crippen molar-refractivity contribution in [3.8, 4) is 5.75 Å². The van der Waals surface area contributed by atoms with Crippen molar-refractivity contribution in [1.82, 2.24) is 0 Å². The van der Waals surface area contributed by atoms with Crippen molar-refractivity contribution >= 4 is 11.7 Å². The normalized spacial score (nSPS) is 11.7. The van der Waals surface area contributed by atoms with E-state index in [0.29, 0.717) is 13.1 Å². The number of methoxy groups -OCH3 is 1. The van der Waals surface area contributed by atoms with E-state index in [1.54, 1.807) is 14.0 Å². The van der Waals surface area contributed by atoms with Gasteiger partial charge in [0.2, 0.25) is 0 Å². The number of aliphatic carboxylic acids is 1. The molecule has 4 nitrogen and oxygen atoms in total. The second kappa shape index (κ2) is 6.83. The van der Waals surface area contributed by atoms with Crippen LogP contribution in [0, 0.1) is 5.92 Å². The summed E-state index contributed by atoms with van der Waals surface area (Å²) >= 11 is 0. The van der Waals surface area contributed by atoms with Gasteiger partial charge in [0.05, 0.1) is 13.0 Å². The fourth-order valence-corrected chi connectivity index (χ4v) is 1.79. The van der Waals surface area contributed by atoms with Crippen LogP contribution in [-0.2, 0) is 4.79 Å². The number of carboxylic acid groups (broad SMARTS) is 1. The third-order valence-corrected chi connectivity index (χ3v) is 2.81. The molecule has 0 aliphatic carbocycles. The molecule has 104 valence electrons. The van der Waals surface area contributed by atoms with E-state index in [4.69, 9.17) is 9.84 Å². The summed E-state index contributed by atoms with van der Waals surface area (Å²) in [5.74, 6) is -0.438. The summed E-state index contributed by atoms with van der Waals surface area (Å²) in [6.07, 6.45) is 0. The van der Waals surface area contributed by atoms with Gasteiger partial charge in [0.15, 0.2) is 0 Å². The summed E-state index contributed by atoms with van der Waals surface area (Å²) < 4.78 is 5.12. The molecule has 0 amide bonds. The van der Waals surface area contributed by atoms with E-state index >= 15 is 0 Å². The Balaban J connectivity index is 2.88. The van der Waals surface area contributed by atoms with Crippen LogP contribution in [0.3, 0.4) is 0 Å². The first-order valence-electron chi connectivity index (χ1n) is 6.20. The quantitative estimate of drug-likeness (QED) is 0.768. The predicted octanol–water partition coefficient (Wildman–Crippen LogP) is 2.80. The van der Waals surface area contributed by atoms with Gasteiger partial charge in [-0.05, 0) is 31.2 Å². The summed E-state index contributed by atoms with van der Waals surface area (Å²) in [6, 6.07) is 7.59. The van der Waals surface area contributed by atoms with Gasteiger partial charge in [0.1, 0.15) is 5.75 Å². The van der Waals surface area contributed by atoms with Crippen molar-refractivity contribution in [1.29, 1.82) is 0 Å². The monoisotopic (exact) mass is 263 g/mol. The lowest BCUT2D eigenvalue weighted by Crippen LogP contribution is -2.33. The smallest absolute Gasteiger partial charge is 0.308 e. The van der Waals surface area contributed by atoms with Crippen LogP contribution < -0.4 is 9.64 Å². The first kappa shape index (κ1) is 15.1. The number of anilines is 1. The lowest BCUT2D eigenvalue weighted by atomic mass is 10.1. The summed E-state index contributed by atoms with van der Waals surface area (Å²) in [5.41, 5.74) is 1.96. The van der Waals surface area contributed by atoms with Gasteiger partial charge in [-0.15, -0.1) is 0 Å². The maximum Gasteiger partial charge on any atom is 0.308 e. The van der Waals surface area contributed by atoms with E-state index in [0.717, 1.165) is 17.0 Å². The van der Waals surface area contributed by atoms with Crippen LogP contribution in [0.25, 0.3) is 0 Å². The Bertz CT molecular complexity index is 439. The molecule has 19 heavy (non-hydrogen) atoms.